The molecule has 0 aliphatic heterocycles. The van der Waals surface area contributed by atoms with Crippen molar-refractivity contribution >= 4 is 17.9 Å². The third-order valence-electron chi connectivity index (χ3n) is 13.4. The van der Waals surface area contributed by atoms with Gasteiger partial charge in [0.05, 0.1) is 0 Å². The molecule has 0 fully saturated rings. The van der Waals surface area contributed by atoms with Crippen molar-refractivity contribution in [1.82, 2.24) is 0 Å². The molecular weight excluding hydrogens is 829 g/mol. The number of unbranched alkanes of at least 4 members (excludes halogenated alkanes) is 40. The number of esters is 3. The standard InChI is InChI=1S/C61H114O6/c1-4-7-10-13-16-19-22-24-26-28-30-32-34-36-39-41-44-47-50-53-59(62)65-56-58(67-61(64)55-52-49-46-43-38-21-18-15-12-9-6-3)57-66-60(63)54-51-48-45-42-40-37-35-33-31-29-27-25-23-20-17-14-11-8-5-2/h15,18,24,26,58H,4-14,16-17,19-23,25,27-57H2,1-3H3/b18-15-,26-24-/t58-/m1/s1. The highest BCUT2D eigenvalue weighted by Gasteiger charge is 2.19. The van der Waals surface area contributed by atoms with E-state index in [0.717, 1.165) is 64.2 Å². The molecule has 0 aliphatic rings. The summed E-state index contributed by atoms with van der Waals surface area (Å²) < 4.78 is 16.9. The second kappa shape index (κ2) is 56.5. The molecule has 0 saturated heterocycles. The lowest BCUT2D eigenvalue weighted by Gasteiger charge is -2.18. The van der Waals surface area contributed by atoms with E-state index in [1.807, 2.05) is 0 Å². The maximum atomic E-state index is 12.8. The third-order valence-corrected chi connectivity index (χ3v) is 13.4. The van der Waals surface area contributed by atoms with Gasteiger partial charge in [-0.05, 0) is 64.2 Å². The molecule has 67 heavy (non-hydrogen) atoms. The minimum absolute atomic E-state index is 0.0707. The smallest absolute Gasteiger partial charge is 0.306 e. The molecule has 0 aliphatic carbocycles. The van der Waals surface area contributed by atoms with Gasteiger partial charge in [-0.1, -0.05) is 270 Å². The molecule has 6 heteroatoms. The minimum Gasteiger partial charge on any atom is -0.462 e. The molecule has 0 aromatic heterocycles. The van der Waals surface area contributed by atoms with Crippen molar-refractivity contribution in [1.29, 1.82) is 0 Å². The van der Waals surface area contributed by atoms with E-state index < -0.39 is 6.10 Å². The monoisotopic (exact) mass is 943 g/mol. The number of carbonyl (C=O) groups is 3. The summed E-state index contributed by atoms with van der Waals surface area (Å²) in [5, 5.41) is 0. The number of carbonyl (C=O) groups excluding carboxylic acids is 3. The molecule has 0 aromatic rings. The van der Waals surface area contributed by atoms with Crippen molar-refractivity contribution in [3.63, 3.8) is 0 Å². The van der Waals surface area contributed by atoms with Crippen LogP contribution in [0.2, 0.25) is 0 Å². The first-order valence-corrected chi connectivity index (χ1v) is 29.8. The second-order valence-electron chi connectivity index (χ2n) is 20.3. The van der Waals surface area contributed by atoms with Crippen LogP contribution in [-0.4, -0.2) is 37.2 Å². The van der Waals surface area contributed by atoms with Crippen LogP contribution in [0.25, 0.3) is 0 Å². The summed E-state index contributed by atoms with van der Waals surface area (Å²) in [7, 11) is 0. The van der Waals surface area contributed by atoms with Crippen LogP contribution in [0.15, 0.2) is 24.3 Å². The van der Waals surface area contributed by atoms with E-state index in [9.17, 15) is 14.4 Å². The highest BCUT2D eigenvalue weighted by molar-refractivity contribution is 5.71. The van der Waals surface area contributed by atoms with Crippen molar-refractivity contribution in [2.45, 2.75) is 335 Å². The molecular formula is C61H114O6. The summed E-state index contributed by atoms with van der Waals surface area (Å²) in [6, 6.07) is 0. The third kappa shape index (κ3) is 54.7. The first-order valence-electron chi connectivity index (χ1n) is 29.8. The summed E-state index contributed by atoms with van der Waals surface area (Å²) in [5.74, 6) is -0.862. The molecule has 0 radical (unpaired) electrons. The summed E-state index contributed by atoms with van der Waals surface area (Å²) >= 11 is 0. The lowest BCUT2D eigenvalue weighted by molar-refractivity contribution is -0.167. The summed E-state index contributed by atoms with van der Waals surface area (Å²) in [6.45, 7) is 6.64. The van der Waals surface area contributed by atoms with Gasteiger partial charge in [-0.2, -0.15) is 0 Å². The molecule has 0 N–H and O–H groups in total. The first-order chi connectivity index (χ1) is 33.0. The molecule has 6 nitrogen and oxygen atoms in total. The van der Waals surface area contributed by atoms with Gasteiger partial charge in [-0.25, -0.2) is 0 Å². The molecule has 1 atom stereocenters. The maximum Gasteiger partial charge on any atom is 0.306 e. The van der Waals surface area contributed by atoms with Crippen LogP contribution in [0, 0.1) is 0 Å². The Balaban J connectivity index is 4.24. The molecule has 0 rings (SSSR count). The largest absolute Gasteiger partial charge is 0.462 e. The molecule has 0 amide bonds. The fraction of sp³-hybridized carbons (Fsp3) is 0.885. The fourth-order valence-electron chi connectivity index (χ4n) is 8.89. The van der Waals surface area contributed by atoms with E-state index in [0.29, 0.717) is 19.3 Å². The lowest BCUT2D eigenvalue weighted by atomic mass is 10.0. The zero-order valence-corrected chi connectivity index (χ0v) is 45.2. The van der Waals surface area contributed by atoms with Gasteiger partial charge in [0.1, 0.15) is 13.2 Å². The van der Waals surface area contributed by atoms with Crippen LogP contribution < -0.4 is 0 Å². The van der Waals surface area contributed by atoms with Crippen molar-refractivity contribution in [2.24, 2.45) is 0 Å². The highest BCUT2D eigenvalue weighted by Crippen LogP contribution is 2.17. The topological polar surface area (TPSA) is 78.9 Å². The van der Waals surface area contributed by atoms with E-state index in [4.69, 9.17) is 14.2 Å². The van der Waals surface area contributed by atoms with Crippen LogP contribution in [0.3, 0.4) is 0 Å². The van der Waals surface area contributed by atoms with Crippen LogP contribution in [0.4, 0.5) is 0 Å². The normalized spacial score (nSPS) is 12.1. The molecule has 0 heterocycles. The highest BCUT2D eigenvalue weighted by atomic mass is 16.6. The van der Waals surface area contributed by atoms with Gasteiger partial charge in [0.25, 0.3) is 0 Å². The quantitative estimate of drug-likeness (QED) is 0.0262. The zero-order valence-electron chi connectivity index (χ0n) is 45.2. The summed E-state index contributed by atoms with van der Waals surface area (Å²) in [6.07, 6.45) is 66.1. The average molecular weight is 944 g/mol. The predicted molar refractivity (Wildman–Crippen MR) is 289 cm³/mol. The van der Waals surface area contributed by atoms with Gasteiger partial charge in [0.15, 0.2) is 6.10 Å². The van der Waals surface area contributed by atoms with Crippen LogP contribution in [0.1, 0.15) is 329 Å². The molecule has 0 unspecified atom stereocenters. The van der Waals surface area contributed by atoms with Gasteiger partial charge in [-0.3, -0.25) is 14.4 Å². The molecule has 0 bridgehead atoms. The van der Waals surface area contributed by atoms with Crippen molar-refractivity contribution in [2.75, 3.05) is 13.2 Å². The lowest BCUT2D eigenvalue weighted by Crippen LogP contribution is -2.30. The second-order valence-corrected chi connectivity index (χ2v) is 20.3. The van der Waals surface area contributed by atoms with Crippen LogP contribution >= 0.6 is 0 Å². The average Bonchev–Trinajstić information content (AvgIpc) is 3.33. The zero-order chi connectivity index (χ0) is 48.6. The fourth-order valence-corrected chi connectivity index (χ4v) is 8.89. The summed E-state index contributed by atoms with van der Waals surface area (Å²) in [5.41, 5.74) is 0. The van der Waals surface area contributed by atoms with Crippen molar-refractivity contribution in [3.05, 3.63) is 24.3 Å². The Morgan fingerprint density at radius 3 is 0.791 bits per heavy atom. The van der Waals surface area contributed by atoms with Crippen molar-refractivity contribution < 1.29 is 28.6 Å². The van der Waals surface area contributed by atoms with E-state index in [-0.39, 0.29) is 31.1 Å². The van der Waals surface area contributed by atoms with Crippen molar-refractivity contribution in [3.8, 4) is 0 Å². The molecule has 0 spiro atoms. The van der Waals surface area contributed by atoms with Gasteiger partial charge in [0.2, 0.25) is 0 Å². The van der Waals surface area contributed by atoms with Gasteiger partial charge >= 0.3 is 17.9 Å². The Labute approximate surface area is 417 Å². The van der Waals surface area contributed by atoms with E-state index in [2.05, 4.69) is 45.1 Å². The SMILES string of the molecule is CCCC/C=C\CCCCCCCC(=O)O[C@H](COC(=O)CCCCCCCCCCC/C=C\CCCCCCCC)COC(=O)CCCCCCCCCCCCCCCCCCCCC. The summed E-state index contributed by atoms with van der Waals surface area (Å²) in [4.78, 5) is 38.1. The van der Waals surface area contributed by atoms with Gasteiger partial charge in [0, 0.05) is 19.3 Å². The van der Waals surface area contributed by atoms with E-state index in [1.54, 1.807) is 0 Å². The number of ether oxygens (including phenoxy) is 3. The first kappa shape index (κ1) is 64.9. The Morgan fingerprint density at radius 1 is 0.284 bits per heavy atom. The van der Waals surface area contributed by atoms with E-state index >= 15 is 0 Å². The van der Waals surface area contributed by atoms with E-state index in [1.165, 1.54) is 225 Å². The van der Waals surface area contributed by atoms with Gasteiger partial charge in [-0.15, -0.1) is 0 Å². The van der Waals surface area contributed by atoms with Crippen LogP contribution in [0.5, 0.6) is 0 Å². The number of allylic oxidation sites excluding steroid dienone is 4. The number of rotatable bonds is 55. The van der Waals surface area contributed by atoms with Gasteiger partial charge < -0.3 is 14.2 Å². The molecule has 0 saturated carbocycles. The Kier molecular flexibility index (Phi) is 54.7. The van der Waals surface area contributed by atoms with Crippen LogP contribution in [-0.2, 0) is 28.6 Å². The Morgan fingerprint density at radius 2 is 0.507 bits per heavy atom. The molecule has 394 valence electrons. The maximum absolute atomic E-state index is 12.8. The minimum atomic E-state index is -0.772. The number of hydrogen-bond donors (Lipinski definition) is 0. The Hall–Kier alpha value is -2.11. The molecule has 0 aromatic carbocycles. The number of hydrogen-bond acceptors (Lipinski definition) is 6. The predicted octanol–water partition coefficient (Wildman–Crippen LogP) is 19.9. The Bertz CT molecular complexity index is 1080.